The average molecular weight is 313 g/mol. The summed E-state index contributed by atoms with van der Waals surface area (Å²) in [6.07, 6.45) is -4.49. The number of alkyl halides is 5. The second kappa shape index (κ2) is 4.65. The molecule has 1 fully saturated rings. The molecule has 1 aromatic heterocycles. The first-order valence-electron chi connectivity index (χ1n) is 6.00. The third-order valence-electron chi connectivity index (χ3n) is 3.51. The Balaban J connectivity index is 2.25. The number of aryl methyl sites for hydroxylation is 1. The second-order valence-corrected chi connectivity index (χ2v) is 4.94. The Bertz CT molecular complexity index is 563. The lowest BCUT2D eigenvalue weighted by atomic mass is 9.75. The lowest BCUT2D eigenvalue weighted by molar-refractivity contribution is -0.212. The number of halogens is 5. The minimum Gasteiger partial charge on any atom is -0.383 e. The molecule has 2 N–H and O–H groups in total. The van der Waals surface area contributed by atoms with Gasteiger partial charge in [-0.3, -0.25) is 9.48 Å². The molecule has 1 heterocycles. The quantitative estimate of drug-likeness (QED) is 0.838. The van der Waals surface area contributed by atoms with Crippen molar-refractivity contribution in [1.82, 2.24) is 9.78 Å². The van der Waals surface area contributed by atoms with Crippen molar-refractivity contribution in [3.8, 4) is 0 Å². The van der Waals surface area contributed by atoms with Crippen LogP contribution in [0, 0.1) is 0 Å². The number of hydrogen-bond donors (Lipinski definition) is 2. The number of anilines is 1. The van der Waals surface area contributed by atoms with Gasteiger partial charge in [-0.2, -0.15) is 27.1 Å². The molecule has 1 saturated carbocycles. The fourth-order valence-electron chi connectivity index (χ4n) is 2.10. The summed E-state index contributed by atoms with van der Waals surface area (Å²) >= 11 is 0. The number of carbonyl (C=O) groups is 1. The van der Waals surface area contributed by atoms with Gasteiger partial charge in [-0.1, -0.05) is 0 Å². The van der Waals surface area contributed by atoms with E-state index in [-0.39, 0.29) is 12.8 Å². The Hall–Kier alpha value is -1.71. The summed E-state index contributed by atoms with van der Waals surface area (Å²) in [5, 5.41) is 14.4. The molecule has 10 heteroatoms. The van der Waals surface area contributed by atoms with Crippen LogP contribution >= 0.6 is 0 Å². The number of hydrogen-bond acceptors (Lipinski definition) is 3. The van der Waals surface area contributed by atoms with Gasteiger partial charge >= 0.3 is 12.1 Å². The van der Waals surface area contributed by atoms with Gasteiger partial charge < -0.3 is 10.4 Å². The molecule has 0 spiro atoms. The van der Waals surface area contributed by atoms with Gasteiger partial charge in [0.1, 0.15) is 5.60 Å². The van der Waals surface area contributed by atoms with E-state index in [0.717, 1.165) is 7.05 Å². The Morgan fingerprint density at radius 3 is 2.38 bits per heavy atom. The molecule has 118 valence electrons. The summed E-state index contributed by atoms with van der Waals surface area (Å²) in [5.74, 6) is -6.16. The highest BCUT2D eigenvalue weighted by Crippen LogP contribution is 2.45. The van der Waals surface area contributed by atoms with Crippen molar-refractivity contribution in [3.05, 3.63) is 11.9 Å². The Labute approximate surface area is 115 Å². The molecule has 1 aromatic rings. The third kappa shape index (κ3) is 2.47. The number of aromatic nitrogens is 2. The van der Waals surface area contributed by atoms with Gasteiger partial charge in [0, 0.05) is 7.05 Å². The van der Waals surface area contributed by atoms with E-state index in [9.17, 15) is 31.9 Å². The molecule has 0 aromatic carbocycles. The number of nitrogens with one attached hydrogen (secondary N) is 1. The first-order chi connectivity index (χ1) is 9.49. The van der Waals surface area contributed by atoms with E-state index in [1.54, 1.807) is 0 Å². The minimum absolute atomic E-state index is 0.285. The Kier molecular flexibility index (Phi) is 3.47. The summed E-state index contributed by atoms with van der Waals surface area (Å²) in [5.41, 5.74) is -4.73. The van der Waals surface area contributed by atoms with Crippen LogP contribution in [0.1, 0.15) is 25.0 Å². The van der Waals surface area contributed by atoms with Crippen LogP contribution in [0.5, 0.6) is 0 Å². The molecule has 1 amide bonds. The van der Waals surface area contributed by atoms with E-state index in [2.05, 4.69) is 5.10 Å². The lowest BCUT2D eigenvalue weighted by Crippen LogP contribution is -2.59. The van der Waals surface area contributed by atoms with Gasteiger partial charge in [-0.05, 0) is 19.3 Å². The molecule has 1 aliphatic rings. The number of aliphatic hydroxyl groups is 1. The zero-order chi connectivity index (χ0) is 16.1. The molecule has 0 bridgehead atoms. The highest BCUT2D eigenvalue weighted by atomic mass is 19.4. The molecular weight excluding hydrogens is 301 g/mol. The van der Waals surface area contributed by atoms with Crippen molar-refractivity contribution >= 4 is 11.6 Å². The number of nitrogens with zero attached hydrogens (tertiary/aromatic N) is 2. The van der Waals surface area contributed by atoms with Crippen LogP contribution in [-0.2, 0) is 18.0 Å². The van der Waals surface area contributed by atoms with Crippen LogP contribution in [0.3, 0.4) is 0 Å². The van der Waals surface area contributed by atoms with Crippen molar-refractivity contribution in [2.75, 3.05) is 5.32 Å². The minimum atomic E-state index is -4.86. The van der Waals surface area contributed by atoms with Crippen LogP contribution < -0.4 is 5.32 Å². The summed E-state index contributed by atoms with van der Waals surface area (Å²) in [4.78, 5) is 11.5. The Morgan fingerprint density at radius 2 is 1.95 bits per heavy atom. The average Bonchev–Trinajstić information content (AvgIpc) is 2.66. The van der Waals surface area contributed by atoms with Gasteiger partial charge in [0.25, 0.3) is 5.91 Å². The van der Waals surface area contributed by atoms with Crippen molar-refractivity contribution in [1.29, 1.82) is 0 Å². The topological polar surface area (TPSA) is 67.2 Å². The molecule has 0 radical (unpaired) electrons. The molecule has 2 rings (SSSR count). The predicted molar refractivity (Wildman–Crippen MR) is 60.6 cm³/mol. The van der Waals surface area contributed by atoms with Crippen LogP contribution in [0.4, 0.5) is 27.6 Å². The normalized spacial score (nSPS) is 18.2. The second-order valence-electron chi connectivity index (χ2n) is 4.94. The summed E-state index contributed by atoms with van der Waals surface area (Å²) in [6.45, 7) is 0. The van der Waals surface area contributed by atoms with Crippen molar-refractivity contribution in [2.45, 2.75) is 37.0 Å². The van der Waals surface area contributed by atoms with E-state index >= 15 is 0 Å². The van der Waals surface area contributed by atoms with Crippen LogP contribution in [0.2, 0.25) is 0 Å². The molecule has 0 saturated heterocycles. The standard InChI is InChI=1S/C11H12F5N3O2/c1-19-7(11(14,15)16)6(5-17-19)18-8(20)10(12,13)9(21)3-2-4-9/h5,21H,2-4H2,1H3,(H,18,20). The zero-order valence-corrected chi connectivity index (χ0v) is 10.8. The maximum Gasteiger partial charge on any atom is 0.435 e. The molecule has 5 nitrogen and oxygen atoms in total. The molecule has 0 atom stereocenters. The number of carbonyl (C=O) groups excluding carboxylic acids is 1. The van der Waals surface area contributed by atoms with Gasteiger partial charge in [0.05, 0.1) is 11.9 Å². The summed E-state index contributed by atoms with van der Waals surface area (Å²) < 4.78 is 66.3. The van der Waals surface area contributed by atoms with E-state index < -0.39 is 35.0 Å². The van der Waals surface area contributed by atoms with Gasteiger partial charge in [-0.15, -0.1) is 0 Å². The van der Waals surface area contributed by atoms with Crippen molar-refractivity contribution in [3.63, 3.8) is 0 Å². The van der Waals surface area contributed by atoms with Gasteiger partial charge in [0.2, 0.25) is 0 Å². The number of amides is 1. The zero-order valence-electron chi connectivity index (χ0n) is 10.8. The predicted octanol–water partition coefficient (Wildman–Crippen LogP) is 1.93. The van der Waals surface area contributed by atoms with E-state index in [4.69, 9.17) is 0 Å². The summed E-state index contributed by atoms with van der Waals surface area (Å²) in [6, 6.07) is 0. The van der Waals surface area contributed by atoms with Crippen molar-refractivity contribution < 1.29 is 31.9 Å². The summed E-state index contributed by atoms with van der Waals surface area (Å²) in [7, 11) is 0.968. The molecular formula is C11H12F5N3O2. The lowest BCUT2D eigenvalue weighted by Gasteiger charge is -2.41. The smallest absolute Gasteiger partial charge is 0.383 e. The number of rotatable bonds is 3. The Morgan fingerprint density at radius 1 is 1.38 bits per heavy atom. The monoisotopic (exact) mass is 313 g/mol. The molecule has 1 aliphatic carbocycles. The molecule has 0 aliphatic heterocycles. The van der Waals surface area contributed by atoms with Crippen LogP contribution in [0.25, 0.3) is 0 Å². The molecule has 21 heavy (non-hydrogen) atoms. The van der Waals surface area contributed by atoms with E-state index in [1.165, 1.54) is 5.32 Å². The van der Waals surface area contributed by atoms with Crippen LogP contribution in [-0.4, -0.2) is 32.3 Å². The highest BCUT2D eigenvalue weighted by Gasteiger charge is 2.61. The molecule has 0 unspecified atom stereocenters. The van der Waals surface area contributed by atoms with Gasteiger partial charge in [-0.25, -0.2) is 0 Å². The van der Waals surface area contributed by atoms with Crippen molar-refractivity contribution in [2.24, 2.45) is 7.05 Å². The van der Waals surface area contributed by atoms with E-state index in [1.807, 2.05) is 0 Å². The largest absolute Gasteiger partial charge is 0.435 e. The SMILES string of the molecule is Cn1ncc(NC(=O)C(F)(F)C2(O)CCC2)c1C(F)(F)F. The fourth-order valence-corrected chi connectivity index (χ4v) is 2.10. The first-order valence-corrected chi connectivity index (χ1v) is 6.00. The first kappa shape index (κ1) is 15.7. The highest BCUT2D eigenvalue weighted by molar-refractivity contribution is 5.97. The fraction of sp³-hybridized carbons (Fsp3) is 0.636. The maximum absolute atomic E-state index is 13.8. The van der Waals surface area contributed by atoms with Gasteiger partial charge in [0.15, 0.2) is 5.69 Å². The third-order valence-corrected chi connectivity index (χ3v) is 3.51. The van der Waals surface area contributed by atoms with E-state index in [0.29, 0.717) is 17.3 Å². The maximum atomic E-state index is 13.8. The van der Waals surface area contributed by atoms with Crippen LogP contribution in [0.15, 0.2) is 6.20 Å².